The van der Waals surface area contributed by atoms with Gasteiger partial charge in [-0.2, -0.15) is 0 Å². The summed E-state index contributed by atoms with van der Waals surface area (Å²) < 4.78 is 0. The fraction of sp³-hybridized carbons (Fsp3) is 0.533. The van der Waals surface area contributed by atoms with Crippen LogP contribution in [-0.2, 0) is 10.2 Å². The van der Waals surface area contributed by atoms with Crippen molar-refractivity contribution in [3.8, 4) is 0 Å². The highest BCUT2D eigenvalue weighted by Crippen LogP contribution is 2.38. The zero-order chi connectivity index (χ0) is 13.3. The van der Waals surface area contributed by atoms with Gasteiger partial charge in [0.15, 0.2) is 0 Å². The van der Waals surface area contributed by atoms with Crippen LogP contribution in [0, 0.1) is 20.8 Å². The Kier molecular flexibility index (Phi) is 3.44. The van der Waals surface area contributed by atoms with Gasteiger partial charge in [-0.25, -0.2) is 0 Å². The fourth-order valence-electron chi connectivity index (χ4n) is 3.36. The van der Waals surface area contributed by atoms with Gasteiger partial charge in [0.2, 0.25) is 0 Å². The van der Waals surface area contributed by atoms with Gasteiger partial charge in [-0.15, -0.1) is 0 Å². The van der Waals surface area contributed by atoms with Crippen LogP contribution in [0.2, 0.25) is 0 Å². The Morgan fingerprint density at radius 1 is 1.17 bits per heavy atom. The van der Waals surface area contributed by atoms with E-state index in [2.05, 4.69) is 24.4 Å². The number of aliphatic carboxylic acids is 1. The van der Waals surface area contributed by atoms with Crippen LogP contribution in [0.3, 0.4) is 0 Å². The summed E-state index contributed by atoms with van der Waals surface area (Å²) in [5.41, 5.74) is 3.74. The molecule has 0 aliphatic carbocycles. The molecule has 1 heterocycles. The molecule has 0 atom stereocenters. The number of carboxylic acid groups (broad SMARTS) is 1. The Bertz CT molecular complexity index is 450. The van der Waals surface area contributed by atoms with E-state index in [0.29, 0.717) is 12.8 Å². The summed E-state index contributed by atoms with van der Waals surface area (Å²) in [6, 6.07) is 4.18. The summed E-state index contributed by atoms with van der Waals surface area (Å²) in [5.74, 6) is -0.681. The van der Waals surface area contributed by atoms with E-state index in [9.17, 15) is 9.90 Å². The molecule has 1 saturated heterocycles. The normalized spacial score (nSPS) is 18.6. The molecular formula is C15H21NO2. The second-order valence-corrected chi connectivity index (χ2v) is 5.41. The zero-order valence-electron chi connectivity index (χ0n) is 11.3. The van der Waals surface area contributed by atoms with Gasteiger partial charge < -0.3 is 10.4 Å². The van der Waals surface area contributed by atoms with Crippen LogP contribution in [0.1, 0.15) is 35.1 Å². The number of rotatable bonds is 2. The molecule has 1 fully saturated rings. The first kappa shape index (κ1) is 13.1. The molecule has 0 bridgehead atoms. The van der Waals surface area contributed by atoms with E-state index < -0.39 is 11.4 Å². The van der Waals surface area contributed by atoms with E-state index in [1.165, 1.54) is 5.56 Å². The topological polar surface area (TPSA) is 49.3 Å². The second kappa shape index (κ2) is 4.73. The second-order valence-electron chi connectivity index (χ2n) is 5.41. The number of piperidine rings is 1. The van der Waals surface area contributed by atoms with Crippen molar-refractivity contribution in [1.29, 1.82) is 0 Å². The lowest BCUT2D eigenvalue weighted by Crippen LogP contribution is -2.46. The van der Waals surface area contributed by atoms with Crippen molar-refractivity contribution in [1.82, 2.24) is 5.32 Å². The number of carbonyl (C=O) groups is 1. The molecule has 0 aromatic heterocycles. The smallest absolute Gasteiger partial charge is 0.314 e. The molecule has 3 heteroatoms. The average Bonchev–Trinajstić information content (AvgIpc) is 2.28. The van der Waals surface area contributed by atoms with Crippen molar-refractivity contribution in [2.45, 2.75) is 39.0 Å². The molecule has 1 aliphatic rings. The third-order valence-corrected chi connectivity index (χ3v) is 4.02. The van der Waals surface area contributed by atoms with E-state index in [1.54, 1.807) is 0 Å². The fourth-order valence-corrected chi connectivity index (χ4v) is 3.36. The lowest BCUT2D eigenvalue weighted by molar-refractivity contribution is -0.145. The highest BCUT2D eigenvalue weighted by molar-refractivity contribution is 5.83. The van der Waals surface area contributed by atoms with E-state index in [0.717, 1.165) is 29.8 Å². The molecule has 0 amide bonds. The molecule has 1 aliphatic heterocycles. The minimum Gasteiger partial charge on any atom is -0.481 e. The summed E-state index contributed by atoms with van der Waals surface area (Å²) >= 11 is 0. The molecule has 1 aromatic rings. The van der Waals surface area contributed by atoms with Crippen LogP contribution < -0.4 is 5.32 Å². The number of hydrogen-bond acceptors (Lipinski definition) is 2. The lowest BCUT2D eigenvalue weighted by Gasteiger charge is -2.36. The van der Waals surface area contributed by atoms with Gasteiger partial charge in [0.05, 0.1) is 5.41 Å². The number of hydrogen-bond donors (Lipinski definition) is 2. The highest BCUT2D eigenvalue weighted by Gasteiger charge is 2.43. The molecular weight excluding hydrogens is 226 g/mol. The molecule has 1 aromatic carbocycles. The lowest BCUT2D eigenvalue weighted by atomic mass is 9.70. The monoisotopic (exact) mass is 247 g/mol. The predicted octanol–water partition coefficient (Wildman–Crippen LogP) is 2.32. The Labute approximate surface area is 108 Å². The van der Waals surface area contributed by atoms with Gasteiger partial charge in [-0.3, -0.25) is 4.79 Å². The maximum atomic E-state index is 11.8. The molecule has 2 N–H and O–H groups in total. The molecule has 0 radical (unpaired) electrons. The zero-order valence-corrected chi connectivity index (χ0v) is 11.3. The first-order valence-electron chi connectivity index (χ1n) is 6.50. The van der Waals surface area contributed by atoms with Crippen LogP contribution >= 0.6 is 0 Å². The SMILES string of the molecule is Cc1cc(C)c(C2(C(=O)O)CCNCC2)c(C)c1. The van der Waals surface area contributed by atoms with Crippen LogP contribution in [0.5, 0.6) is 0 Å². The molecule has 3 nitrogen and oxygen atoms in total. The predicted molar refractivity (Wildman–Crippen MR) is 72.1 cm³/mol. The Balaban J connectivity index is 2.59. The van der Waals surface area contributed by atoms with Gasteiger partial charge in [0.25, 0.3) is 0 Å². The third kappa shape index (κ3) is 2.03. The van der Waals surface area contributed by atoms with Crippen LogP contribution in [0.4, 0.5) is 0 Å². The van der Waals surface area contributed by atoms with Gasteiger partial charge in [0, 0.05) is 0 Å². The number of aryl methyl sites for hydroxylation is 3. The summed E-state index contributed by atoms with van der Waals surface area (Å²) in [5, 5.41) is 13.0. The van der Waals surface area contributed by atoms with Gasteiger partial charge in [0.1, 0.15) is 0 Å². The van der Waals surface area contributed by atoms with Gasteiger partial charge in [-0.05, 0) is 63.4 Å². The Morgan fingerprint density at radius 2 is 1.67 bits per heavy atom. The van der Waals surface area contributed by atoms with Gasteiger partial charge in [-0.1, -0.05) is 17.7 Å². The molecule has 2 rings (SSSR count). The molecule has 0 unspecified atom stereocenters. The minimum atomic E-state index is -0.701. The molecule has 98 valence electrons. The van der Waals surface area contributed by atoms with Crippen molar-refractivity contribution in [3.63, 3.8) is 0 Å². The van der Waals surface area contributed by atoms with E-state index in [-0.39, 0.29) is 0 Å². The first-order chi connectivity index (χ1) is 8.47. The maximum absolute atomic E-state index is 11.8. The van der Waals surface area contributed by atoms with Crippen LogP contribution in [0.15, 0.2) is 12.1 Å². The van der Waals surface area contributed by atoms with Crippen molar-refractivity contribution in [2.24, 2.45) is 0 Å². The van der Waals surface area contributed by atoms with Gasteiger partial charge >= 0.3 is 5.97 Å². The quantitative estimate of drug-likeness (QED) is 0.843. The van der Waals surface area contributed by atoms with Crippen molar-refractivity contribution in [2.75, 3.05) is 13.1 Å². The standard InChI is InChI=1S/C15H21NO2/c1-10-8-11(2)13(12(3)9-10)15(14(17)18)4-6-16-7-5-15/h8-9,16H,4-7H2,1-3H3,(H,17,18). The average molecular weight is 247 g/mol. The molecule has 18 heavy (non-hydrogen) atoms. The summed E-state index contributed by atoms with van der Waals surface area (Å²) in [7, 11) is 0. The summed E-state index contributed by atoms with van der Waals surface area (Å²) in [4.78, 5) is 11.8. The number of nitrogens with one attached hydrogen (secondary N) is 1. The first-order valence-corrected chi connectivity index (χ1v) is 6.50. The van der Waals surface area contributed by atoms with Crippen LogP contribution in [0.25, 0.3) is 0 Å². The van der Waals surface area contributed by atoms with Crippen molar-refractivity contribution < 1.29 is 9.90 Å². The maximum Gasteiger partial charge on any atom is 0.314 e. The van der Waals surface area contributed by atoms with E-state index in [4.69, 9.17) is 0 Å². The number of benzene rings is 1. The molecule has 0 spiro atoms. The van der Waals surface area contributed by atoms with E-state index >= 15 is 0 Å². The summed E-state index contributed by atoms with van der Waals surface area (Å²) in [6.07, 6.45) is 1.35. The molecule has 0 saturated carbocycles. The summed E-state index contributed by atoms with van der Waals surface area (Å²) in [6.45, 7) is 7.67. The Morgan fingerprint density at radius 3 is 2.11 bits per heavy atom. The minimum absolute atomic E-state index is 0.674. The largest absolute Gasteiger partial charge is 0.481 e. The van der Waals surface area contributed by atoms with Crippen molar-refractivity contribution in [3.05, 3.63) is 34.4 Å². The van der Waals surface area contributed by atoms with Crippen molar-refractivity contribution >= 4 is 5.97 Å². The highest BCUT2D eigenvalue weighted by atomic mass is 16.4. The van der Waals surface area contributed by atoms with Crippen LogP contribution in [-0.4, -0.2) is 24.2 Å². The Hall–Kier alpha value is -1.35. The van der Waals surface area contributed by atoms with E-state index in [1.807, 2.05) is 13.8 Å². The number of carboxylic acids is 1. The third-order valence-electron chi connectivity index (χ3n) is 4.02.